The molecule has 1 heterocycles. The number of carbonyl (C=O) groups is 2. The van der Waals surface area contributed by atoms with Gasteiger partial charge in [0.05, 0.1) is 21.1 Å². The second-order valence-electron chi connectivity index (χ2n) is 6.98. The Labute approximate surface area is 173 Å². The smallest absolute Gasteiger partial charge is 0.237 e. The predicted octanol–water partition coefficient (Wildman–Crippen LogP) is 3.76. The van der Waals surface area contributed by atoms with Gasteiger partial charge in [-0.1, -0.05) is 6.07 Å². The molecule has 2 aromatic carbocycles. The van der Waals surface area contributed by atoms with Crippen LogP contribution in [0.15, 0.2) is 46.2 Å². The van der Waals surface area contributed by atoms with E-state index in [0.717, 1.165) is 4.90 Å². The molecule has 0 radical (unpaired) electrons. The van der Waals surface area contributed by atoms with Crippen LogP contribution >= 0.6 is 11.8 Å². The summed E-state index contributed by atoms with van der Waals surface area (Å²) in [4.78, 5) is 24.9. The Morgan fingerprint density at radius 2 is 2.00 bits per heavy atom. The Morgan fingerprint density at radius 3 is 2.69 bits per heavy atom. The molecule has 0 spiro atoms. The highest BCUT2D eigenvalue weighted by Crippen LogP contribution is 2.37. The number of thioether (sulfide) groups is 1. The molecule has 2 aromatic rings. The SMILES string of the molecule is Cc1ccc(NC(=O)C[C@H](C)S(=O)(=O)c2ccc3c(c2)NC(=O)[C@H](C)S3)cc1F. The maximum Gasteiger partial charge on any atom is 0.237 e. The number of nitrogens with one attached hydrogen (secondary N) is 2. The van der Waals surface area contributed by atoms with Crippen molar-refractivity contribution in [2.75, 3.05) is 10.6 Å². The molecule has 2 amide bonds. The molecule has 0 saturated carbocycles. The third-order valence-electron chi connectivity index (χ3n) is 4.67. The summed E-state index contributed by atoms with van der Waals surface area (Å²) in [6.45, 7) is 4.82. The third-order valence-corrected chi connectivity index (χ3v) is 7.98. The van der Waals surface area contributed by atoms with Gasteiger partial charge in [-0.25, -0.2) is 12.8 Å². The highest BCUT2D eigenvalue weighted by Gasteiger charge is 2.29. The molecule has 2 atom stereocenters. The van der Waals surface area contributed by atoms with Crippen molar-refractivity contribution in [1.29, 1.82) is 0 Å². The van der Waals surface area contributed by atoms with E-state index in [9.17, 15) is 22.4 Å². The topological polar surface area (TPSA) is 92.3 Å². The zero-order valence-electron chi connectivity index (χ0n) is 16.2. The molecular weight excluding hydrogens is 415 g/mol. The minimum Gasteiger partial charge on any atom is -0.326 e. The number of sulfone groups is 1. The lowest BCUT2D eigenvalue weighted by molar-refractivity contribution is -0.116. The van der Waals surface area contributed by atoms with Gasteiger partial charge in [-0.05, 0) is 56.7 Å². The summed E-state index contributed by atoms with van der Waals surface area (Å²) in [5.41, 5.74) is 1.17. The number of halogens is 1. The first kappa shape index (κ1) is 21.3. The Hall–Kier alpha value is -2.39. The lowest BCUT2D eigenvalue weighted by Crippen LogP contribution is -2.27. The Balaban J connectivity index is 1.73. The highest BCUT2D eigenvalue weighted by atomic mass is 32.2. The number of anilines is 2. The molecule has 1 aliphatic heterocycles. The first-order valence-electron chi connectivity index (χ1n) is 8.99. The number of carbonyl (C=O) groups excluding carboxylic acids is 2. The lowest BCUT2D eigenvalue weighted by atomic mass is 10.2. The molecule has 0 aliphatic carbocycles. The largest absolute Gasteiger partial charge is 0.326 e. The summed E-state index contributed by atoms with van der Waals surface area (Å²) >= 11 is 1.36. The number of amides is 2. The highest BCUT2D eigenvalue weighted by molar-refractivity contribution is 8.01. The number of hydrogen-bond donors (Lipinski definition) is 2. The summed E-state index contributed by atoms with van der Waals surface area (Å²) in [5.74, 6) is -1.17. The number of rotatable bonds is 5. The van der Waals surface area contributed by atoms with E-state index in [1.165, 1.54) is 43.0 Å². The first-order valence-corrected chi connectivity index (χ1v) is 11.4. The van der Waals surface area contributed by atoms with Crippen molar-refractivity contribution >= 4 is 44.8 Å². The summed E-state index contributed by atoms with van der Waals surface area (Å²) in [7, 11) is -3.80. The molecule has 0 aromatic heterocycles. The maximum atomic E-state index is 13.6. The number of aryl methyl sites for hydroxylation is 1. The van der Waals surface area contributed by atoms with Crippen LogP contribution in [-0.2, 0) is 19.4 Å². The molecule has 0 bridgehead atoms. The van der Waals surface area contributed by atoms with Crippen LogP contribution in [0, 0.1) is 12.7 Å². The average Bonchev–Trinajstić information content (AvgIpc) is 2.65. The Kier molecular flexibility index (Phi) is 6.00. The van der Waals surface area contributed by atoms with Crippen molar-refractivity contribution in [3.8, 4) is 0 Å². The van der Waals surface area contributed by atoms with Crippen LogP contribution in [0.4, 0.5) is 15.8 Å². The fraction of sp³-hybridized carbons (Fsp3) is 0.300. The van der Waals surface area contributed by atoms with Gasteiger partial charge < -0.3 is 10.6 Å². The Bertz CT molecular complexity index is 1090. The lowest BCUT2D eigenvalue weighted by Gasteiger charge is -2.22. The summed E-state index contributed by atoms with van der Waals surface area (Å²) in [5, 5.41) is 3.98. The van der Waals surface area contributed by atoms with Gasteiger partial charge in [-0.2, -0.15) is 0 Å². The summed E-state index contributed by atoms with van der Waals surface area (Å²) in [6.07, 6.45) is -0.285. The summed E-state index contributed by atoms with van der Waals surface area (Å²) in [6, 6.07) is 8.84. The van der Waals surface area contributed by atoms with Crippen LogP contribution in [0.3, 0.4) is 0 Å². The van der Waals surface area contributed by atoms with Crippen LogP contribution in [-0.4, -0.2) is 30.7 Å². The monoisotopic (exact) mass is 436 g/mol. The molecule has 6 nitrogen and oxygen atoms in total. The Morgan fingerprint density at radius 1 is 1.28 bits per heavy atom. The van der Waals surface area contributed by atoms with Crippen molar-refractivity contribution in [3.63, 3.8) is 0 Å². The molecular formula is C20H21FN2O4S2. The van der Waals surface area contributed by atoms with E-state index in [4.69, 9.17) is 0 Å². The van der Waals surface area contributed by atoms with E-state index in [0.29, 0.717) is 11.3 Å². The van der Waals surface area contributed by atoms with Crippen molar-refractivity contribution in [2.45, 2.75) is 47.5 Å². The van der Waals surface area contributed by atoms with E-state index < -0.39 is 26.8 Å². The van der Waals surface area contributed by atoms with Crippen LogP contribution in [0.25, 0.3) is 0 Å². The first-order chi connectivity index (χ1) is 13.6. The predicted molar refractivity (Wildman–Crippen MR) is 111 cm³/mol. The van der Waals surface area contributed by atoms with Crippen LogP contribution in [0.1, 0.15) is 25.8 Å². The fourth-order valence-electron chi connectivity index (χ4n) is 2.85. The second kappa shape index (κ2) is 8.16. The van der Waals surface area contributed by atoms with Crippen molar-refractivity contribution in [3.05, 3.63) is 47.8 Å². The van der Waals surface area contributed by atoms with Gasteiger partial charge in [0.15, 0.2) is 9.84 Å². The molecule has 0 saturated heterocycles. The van der Waals surface area contributed by atoms with Gasteiger partial charge >= 0.3 is 0 Å². The normalized spacial score (nSPS) is 17.2. The number of fused-ring (bicyclic) bond motifs is 1. The van der Waals surface area contributed by atoms with Crippen LogP contribution in [0.2, 0.25) is 0 Å². The van der Waals surface area contributed by atoms with E-state index in [1.807, 2.05) is 0 Å². The van der Waals surface area contributed by atoms with Gasteiger partial charge in [-0.3, -0.25) is 9.59 Å². The molecule has 1 aliphatic rings. The minimum atomic E-state index is -3.80. The van der Waals surface area contributed by atoms with Crippen molar-refractivity contribution in [2.24, 2.45) is 0 Å². The molecule has 154 valence electrons. The minimum absolute atomic E-state index is 0.0355. The second-order valence-corrected chi connectivity index (χ2v) is 10.7. The molecule has 29 heavy (non-hydrogen) atoms. The van der Waals surface area contributed by atoms with Crippen LogP contribution in [0.5, 0.6) is 0 Å². The van der Waals surface area contributed by atoms with Gasteiger partial charge in [-0.15, -0.1) is 11.8 Å². The molecule has 9 heteroatoms. The molecule has 0 unspecified atom stereocenters. The quantitative estimate of drug-likeness (QED) is 0.745. The van der Waals surface area contributed by atoms with Gasteiger partial charge in [0, 0.05) is 17.0 Å². The van der Waals surface area contributed by atoms with Crippen molar-refractivity contribution < 1.29 is 22.4 Å². The van der Waals surface area contributed by atoms with Crippen LogP contribution < -0.4 is 10.6 Å². The van der Waals surface area contributed by atoms with Crippen molar-refractivity contribution in [1.82, 2.24) is 0 Å². The van der Waals surface area contributed by atoms with E-state index in [2.05, 4.69) is 10.6 Å². The van der Waals surface area contributed by atoms with Gasteiger partial charge in [0.2, 0.25) is 11.8 Å². The van der Waals surface area contributed by atoms with E-state index in [1.54, 1.807) is 26.0 Å². The van der Waals surface area contributed by atoms with E-state index in [-0.39, 0.29) is 28.2 Å². The standard InChI is InChI=1S/C20H21FN2O4S2/c1-11-4-5-14(9-16(11)21)22-19(24)8-12(2)29(26,27)15-6-7-18-17(10-15)23-20(25)13(3)28-18/h4-7,9-10,12-13H,8H2,1-3H3,(H,22,24)(H,23,25)/t12-,13-/m0/s1. The van der Waals surface area contributed by atoms with E-state index >= 15 is 0 Å². The fourth-order valence-corrected chi connectivity index (χ4v) is 5.16. The third kappa shape index (κ3) is 4.62. The zero-order valence-corrected chi connectivity index (χ0v) is 17.8. The number of hydrogen-bond acceptors (Lipinski definition) is 5. The molecule has 2 N–H and O–H groups in total. The molecule has 0 fully saturated rings. The average molecular weight is 437 g/mol. The molecule has 3 rings (SSSR count). The number of benzene rings is 2. The van der Waals surface area contributed by atoms with Gasteiger partial charge in [0.1, 0.15) is 5.82 Å². The maximum absolute atomic E-state index is 13.6. The zero-order chi connectivity index (χ0) is 21.3. The summed E-state index contributed by atoms with van der Waals surface area (Å²) < 4.78 is 39.4. The van der Waals surface area contributed by atoms with Gasteiger partial charge in [0.25, 0.3) is 0 Å².